The summed E-state index contributed by atoms with van der Waals surface area (Å²) in [6, 6.07) is 9.10. The minimum atomic E-state index is 0.269. The van der Waals surface area contributed by atoms with E-state index < -0.39 is 0 Å². The fourth-order valence-electron chi connectivity index (χ4n) is 2.85. The highest BCUT2D eigenvalue weighted by Gasteiger charge is 2.42. The fourth-order valence-corrected chi connectivity index (χ4v) is 2.85. The number of guanidine groups is 1. The van der Waals surface area contributed by atoms with E-state index >= 15 is 0 Å². The fraction of sp³-hybridized carbons (Fsp3) is 0.214. The molecule has 0 saturated heterocycles. The second kappa shape index (κ2) is 3.00. The summed E-state index contributed by atoms with van der Waals surface area (Å²) >= 11 is 0. The Morgan fingerprint density at radius 2 is 1.82 bits per heavy atom. The third-order valence-electron chi connectivity index (χ3n) is 3.66. The van der Waals surface area contributed by atoms with Crippen molar-refractivity contribution < 1.29 is 0 Å². The lowest BCUT2D eigenvalue weighted by molar-refractivity contribution is 0.741. The van der Waals surface area contributed by atoms with Gasteiger partial charge in [-0.1, -0.05) is 36.4 Å². The van der Waals surface area contributed by atoms with Crippen LogP contribution in [0.2, 0.25) is 0 Å². The second-order valence-corrected chi connectivity index (χ2v) is 4.60. The number of anilines is 2. The second-order valence-electron chi connectivity index (χ2n) is 4.60. The van der Waals surface area contributed by atoms with Gasteiger partial charge in [-0.25, -0.2) is 4.99 Å². The van der Waals surface area contributed by atoms with Crippen LogP contribution in [0.15, 0.2) is 53.6 Å². The number of nitrogens with zero attached hydrogens (tertiary/aromatic N) is 3. The predicted molar refractivity (Wildman–Crippen MR) is 70.6 cm³/mol. The first-order chi connectivity index (χ1) is 8.36. The van der Waals surface area contributed by atoms with Crippen molar-refractivity contribution >= 4 is 17.3 Å². The van der Waals surface area contributed by atoms with Crippen LogP contribution >= 0.6 is 0 Å². The largest absolute Gasteiger partial charge is 0.313 e. The van der Waals surface area contributed by atoms with Gasteiger partial charge in [0.15, 0.2) is 0 Å². The van der Waals surface area contributed by atoms with Gasteiger partial charge in [0.25, 0.3) is 0 Å². The van der Waals surface area contributed by atoms with Crippen molar-refractivity contribution in [3.05, 3.63) is 48.6 Å². The van der Waals surface area contributed by atoms with Crippen molar-refractivity contribution in [3.63, 3.8) is 0 Å². The molecule has 3 heteroatoms. The van der Waals surface area contributed by atoms with Gasteiger partial charge >= 0.3 is 0 Å². The number of allylic oxidation sites excluding steroid dienone is 2. The highest BCUT2D eigenvalue weighted by molar-refractivity contribution is 6.17. The summed E-state index contributed by atoms with van der Waals surface area (Å²) < 4.78 is 0. The van der Waals surface area contributed by atoms with Crippen LogP contribution in [-0.2, 0) is 0 Å². The van der Waals surface area contributed by atoms with Gasteiger partial charge in [-0.3, -0.25) is 0 Å². The van der Waals surface area contributed by atoms with E-state index in [1.54, 1.807) is 0 Å². The molecule has 2 aliphatic heterocycles. The number of rotatable bonds is 0. The molecular weight excluding hydrogens is 210 g/mol. The molecule has 1 aromatic carbocycles. The molecule has 84 valence electrons. The minimum absolute atomic E-state index is 0.269. The third-order valence-corrected chi connectivity index (χ3v) is 3.66. The summed E-state index contributed by atoms with van der Waals surface area (Å²) in [7, 11) is 2.09. The maximum atomic E-state index is 4.80. The van der Waals surface area contributed by atoms with E-state index in [0.717, 1.165) is 5.96 Å². The van der Waals surface area contributed by atoms with Crippen molar-refractivity contribution in [1.82, 2.24) is 0 Å². The molecule has 0 saturated carbocycles. The van der Waals surface area contributed by atoms with Crippen molar-refractivity contribution in [2.24, 2.45) is 4.99 Å². The highest BCUT2D eigenvalue weighted by atomic mass is 15.5. The van der Waals surface area contributed by atoms with Crippen LogP contribution in [0.1, 0.15) is 0 Å². The Kier molecular flexibility index (Phi) is 1.60. The molecule has 0 amide bonds. The topological polar surface area (TPSA) is 18.8 Å². The van der Waals surface area contributed by atoms with Crippen LogP contribution in [0.5, 0.6) is 0 Å². The van der Waals surface area contributed by atoms with E-state index in [9.17, 15) is 0 Å². The van der Waals surface area contributed by atoms with Gasteiger partial charge in [0.1, 0.15) is 0 Å². The Bertz CT molecular complexity index is 571. The van der Waals surface area contributed by atoms with Gasteiger partial charge in [-0.15, -0.1) is 0 Å². The van der Waals surface area contributed by atoms with Crippen LogP contribution in [0.3, 0.4) is 0 Å². The third kappa shape index (κ3) is 1.04. The van der Waals surface area contributed by atoms with E-state index in [0.29, 0.717) is 6.04 Å². The molecule has 0 radical (unpaired) electrons. The lowest BCUT2D eigenvalue weighted by Gasteiger charge is -2.24. The van der Waals surface area contributed by atoms with Crippen molar-refractivity contribution in [2.45, 2.75) is 12.1 Å². The molecule has 0 bridgehead atoms. The van der Waals surface area contributed by atoms with Crippen LogP contribution in [0.25, 0.3) is 0 Å². The first kappa shape index (κ1) is 9.05. The lowest BCUT2D eigenvalue weighted by atomic mass is 10.0. The van der Waals surface area contributed by atoms with Crippen LogP contribution in [0.4, 0.5) is 11.4 Å². The Balaban J connectivity index is 1.90. The monoisotopic (exact) mass is 223 g/mol. The summed E-state index contributed by atoms with van der Waals surface area (Å²) in [4.78, 5) is 9.31. The molecule has 0 fully saturated rings. The Labute approximate surface area is 100 Å². The predicted octanol–water partition coefficient (Wildman–Crippen LogP) is 2.18. The van der Waals surface area contributed by atoms with E-state index in [4.69, 9.17) is 4.99 Å². The van der Waals surface area contributed by atoms with Gasteiger partial charge in [0, 0.05) is 7.05 Å². The van der Waals surface area contributed by atoms with E-state index in [1.807, 2.05) is 0 Å². The van der Waals surface area contributed by atoms with Crippen LogP contribution in [-0.4, -0.2) is 25.1 Å². The van der Waals surface area contributed by atoms with Crippen LogP contribution < -0.4 is 9.80 Å². The summed E-state index contributed by atoms with van der Waals surface area (Å²) in [5.41, 5.74) is 2.51. The summed E-state index contributed by atoms with van der Waals surface area (Å²) in [5.74, 6) is 1.07. The summed E-state index contributed by atoms with van der Waals surface area (Å²) in [6.07, 6.45) is 8.60. The number of hydrogen-bond donors (Lipinski definition) is 0. The molecule has 1 aliphatic carbocycles. The van der Waals surface area contributed by atoms with Gasteiger partial charge < -0.3 is 9.80 Å². The maximum absolute atomic E-state index is 4.80. The van der Waals surface area contributed by atoms with Gasteiger partial charge in [0.2, 0.25) is 5.96 Å². The zero-order valence-corrected chi connectivity index (χ0v) is 9.62. The van der Waals surface area contributed by atoms with Crippen LogP contribution in [0, 0.1) is 0 Å². The standard InChI is InChI=1S/C14H13N3/c1-16-12-8-4-5-9-13(12)17-11-7-3-2-6-10(11)15-14(16)17/h2-11H,1H3. The van der Waals surface area contributed by atoms with E-state index in [-0.39, 0.29) is 6.04 Å². The average Bonchev–Trinajstić information content (AvgIpc) is 2.88. The maximum Gasteiger partial charge on any atom is 0.206 e. The molecule has 17 heavy (non-hydrogen) atoms. The number of aliphatic imine (C=N–C) groups is 1. The molecule has 4 rings (SSSR count). The first-order valence-electron chi connectivity index (χ1n) is 5.91. The van der Waals surface area contributed by atoms with Crippen molar-refractivity contribution in [1.29, 1.82) is 0 Å². The normalized spacial score (nSPS) is 27.9. The number of hydrogen-bond acceptors (Lipinski definition) is 3. The Morgan fingerprint density at radius 1 is 1.06 bits per heavy atom. The minimum Gasteiger partial charge on any atom is -0.313 e. The number of fused-ring (bicyclic) bond motifs is 5. The first-order valence-corrected chi connectivity index (χ1v) is 5.91. The van der Waals surface area contributed by atoms with Crippen molar-refractivity contribution in [3.8, 4) is 0 Å². The van der Waals surface area contributed by atoms with Gasteiger partial charge in [0.05, 0.1) is 23.5 Å². The highest BCUT2D eigenvalue weighted by Crippen LogP contribution is 2.42. The summed E-state index contributed by atoms with van der Waals surface area (Å²) in [5, 5.41) is 0. The molecule has 2 unspecified atom stereocenters. The zero-order valence-electron chi connectivity index (χ0n) is 9.62. The van der Waals surface area contributed by atoms with E-state index in [1.165, 1.54) is 11.4 Å². The molecule has 1 aromatic rings. The molecule has 3 nitrogen and oxygen atoms in total. The average molecular weight is 223 g/mol. The molecule has 2 heterocycles. The van der Waals surface area contributed by atoms with Crippen molar-refractivity contribution in [2.75, 3.05) is 16.8 Å². The molecule has 0 spiro atoms. The van der Waals surface area contributed by atoms with Gasteiger partial charge in [-0.2, -0.15) is 0 Å². The zero-order chi connectivity index (χ0) is 11.4. The van der Waals surface area contributed by atoms with Gasteiger partial charge in [-0.05, 0) is 12.1 Å². The lowest BCUT2D eigenvalue weighted by Crippen LogP contribution is -2.39. The SMILES string of the molecule is CN1C2=NC3C=CC=CC3N2c2ccccc21. The Morgan fingerprint density at radius 3 is 2.71 bits per heavy atom. The number of benzene rings is 1. The van der Waals surface area contributed by atoms with E-state index in [2.05, 4.69) is 65.4 Å². The Hall–Kier alpha value is -2.03. The molecular formula is C14H13N3. The molecule has 0 aromatic heterocycles. The quantitative estimate of drug-likeness (QED) is 0.671. The molecule has 2 atom stereocenters. The molecule has 3 aliphatic rings. The number of para-hydroxylation sites is 2. The smallest absolute Gasteiger partial charge is 0.206 e. The summed E-state index contributed by atoms with van der Waals surface area (Å²) in [6.45, 7) is 0. The molecule has 0 N–H and O–H groups in total.